The van der Waals surface area contributed by atoms with Gasteiger partial charge in [-0.15, -0.1) is 0 Å². The molecule has 0 N–H and O–H groups in total. The second-order valence-electron chi connectivity index (χ2n) is 4.32. The molecule has 0 aliphatic carbocycles. The summed E-state index contributed by atoms with van der Waals surface area (Å²) in [6.07, 6.45) is 0. The van der Waals surface area contributed by atoms with Crippen LogP contribution >= 0.6 is 12.6 Å². The van der Waals surface area contributed by atoms with E-state index in [1.165, 1.54) is 12.1 Å². The van der Waals surface area contributed by atoms with Gasteiger partial charge in [0.15, 0.2) is 0 Å². The van der Waals surface area contributed by atoms with Gasteiger partial charge in [-0.3, -0.25) is 0 Å². The van der Waals surface area contributed by atoms with Crippen LogP contribution in [-0.2, 0) is 12.3 Å². The largest absolute Gasteiger partial charge is 0.327 e. The van der Waals surface area contributed by atoms with Crippen molar-refractivity contribution in [3.8, 4) is 0 Å². The molecule has 0 aliphatic rings. The van der Waals surface area contributed by atoms with Gasteiger partial charge in [0.1, 0.15) is 11.6 Å². The molecule has 0 unspecified atom stereocenters. The van der Waals surface area contributed by atoms with Gasteiger partial charge in [-0.2, -0.15) is 12.6 Å². The summed E-state index contributed by atoms with van der Waals surface area (Å²) in [5.74, 6) is 1.76. The number of imidazole rings is 1. The standard InChI is InChI=1S/C12H15FN2S/c1-8(2)6-15-11-4-3-9(13)5-10(11)14-12(15)7-16/h3-5,8,16H,6-7H2,1-2H3. The van der Waals surface area contributed by atoms with E-state index in [0.717, 1.165) is 17.9 Å². The summed E-state index contributed by atoms with van der Waals surface area (Å²) in [6, 6.07) is 4.73. The summed E-state index contributed by atoms with van der Waals surface area (Å²) in [7, 11) is 0. The number of hydrogen-bond donors (Lipinski definition) is 1. The molecule has 0 spiro atoms. The maximum absolute atomic E-state index is 13.1. The van der Waals surface area contributed by atoms with E-state index in [1.54, 1.807) is 6.07 Å². The van der Waals surface area contributed by atoms with E-state index >= 15 is 0 Å². The third kappa shape index (κ3) is 2.07. The molecule has 16 heavy (non-hydrogen) atoms. The van der Waals surface area contributed by atoms with E-state index < -0.39 is 0 Å². The van der Waals surface area contributed by atoms with Gasteiger partial charge < -0.3 is 4.57 Å². The molecule has 86 valence electrons. The zero-order valence-corrected chi connectivity index (χ0v) is 10.3. The van der Waals surface area contributed by atoms with Crippen LogP contribution in [0, 0.1) is 11.7 Å². The third-order valence-corrected chi connectivity index (χ3v) is 2.76. The van der Waals surface area contributed by atoms with Crippen molar-refractivity contribution in [2.24, 2.45) is 5.92 Å². The van der Waals surface area contributed by atoms with Crippen LogP contribution in [0.2, 0.25) is 0 Å². The van der Waals surface area contributed by atoms with E-state index in [9.17, 15) is 4.39 Å². The van der Waals surface area contributed by atoms with Crippen LogP contribution in [0.1, 0.15) is 19.7 Å². The lowest BCUT2D eigenvalue weighted by molar-refractivity contribution is 0.523. The van der Waals surface area contributed by atoms with Crippen LogP contribution in [0.3, 0.4) is 0 Å². The van der Waals surface area contributed by atoms with Gasteiger partial charge in [0.05, 0.1) is 11.0 Å². The van der Waals surface area contributed by atoms with E-state index in [4.69, 9.17) is 0 Å². The second-order valence-corrected chi connectivity index (χ2v) is 4.64. The minimum atomic E-state index is -0.243. The fourth-order valence-corrected chi connectivity index (χ4v) is 2.08. The molecule has 0 radical (unpaired) electrons. The Morgan fingerprint density at radius 2 is 2.19 bits per heavy atom. The highest BCUT2D eigenvalue weighted by molar-refractivity contribution is 7.79. The first-order chi connectivity index (χ1) is 7.61. The Morgan fingerprint density at radius 1 is 1.44 bits per heavy atom. The molecule has 2 rings (SSSR count). The van der Waals surface area contributed by atoms with Crippen LogP contribution in [-0.4, -0.2) is 9.55 Å². The Balaban J connectivity index is 2.59. The minimum absolute atomic E-state index is 0.243. The summed E-state index contributed by atoms with van der Waals surface area (Å²) in [5, 5.41) is 0. The zero-order valence-electron chi connectivity index (χ0n) is 9.44. The molecule has 1 aromatic heterocycles. The number of rotatable bonds is 3. The maximum Gasteiger partial charge on any atom is 0.125 e. The molecule has 0 atom stereocenters. The Labute approximate surface area is 99.9 Å². The van der Waals surface area contributed by atoms with Crippen molar-refractivity contribution < 1.29 is 4.39 Å². The van der Waals surface area contributed by atoms with E-state index in [-0.39, 0.29) is 5.82 Å². The van der Waals surface area contributed by atoms with Crippen molar-refractivity contribution in [1.29, 1.82) is 0 Å². The lowest BCUT2D eigenvalue weighted by Crippen LogP contribution is -2.07. The normalized spacial score (nSPS) is 11.6. The van der Waals surface area contributed by atoms with Crippen LogP contribution in [0.15, 0.2) is 18.2 Å². The van der Waals surface area contributed by atoms with Gasteiger partial charge in [0.2, 0.25) is 0 Å². The van der Waals surface area contributed by atoms with Gasteiger partial charge in [-0.05, 0) is 18.1 Å². The summed E-state index contributed by atoms with van der Waals surface area (Å²) in [6.45, 7) is 5.19. The van der Waals surface area contributed by atoms with Crippen molar-refractivity contribution in [2.75, 3.05) is 0 Å². The van der Waals surface area contributed by atoms with Crippen molar-refractivity contribution in [3.05, 3.63) is 29.8 Å². The van der Waals surface area contributed by atoms with Crippen molar-refractivity contribution in [1.82, 2.24) is 9.55 Å². The topological polar surface area (TPSA) is 17.8 Å². The number of nitrogens with zero attached hydrogens (tertiary/aromatic N) is 2. The number of hydrogen-bond acceptors (Lipinski definition) is 2. The summed E-state index contributed by atoms with van der Waals surface area (Å²) < 4.78 is 15.2. The number of fused-ring (bicyclic) bond motifs is 1. The van der Waals surface area contributed by atoms with E-state index in [1.807, 2.05) is 0 Å². The predicted octanol–water partition coefficient (Wildman–Crippen LogP) is 3.26. The third-order valence-electron chi connectivity index (χ3n) is 2.48. The number of aromatic nitrogens is 2. The highest BCUT2D eigenvalue weighted by Crippen LogP contribution is 2.20. The maximum atomic E-state index is 13.1. The molecule has 0 fully saturated rings. The Kier molecular flexibility index (Phi) is 3.19. The van der Waals surface area contributed by atoms with Gasteiger partial charge in [0.25, 0.3) is 0 Å². The van der Waals surface area contributed by atoms with Gasteiger partial charge in [0, 0.05) is 18.4 Å². The van der Waals surface area contributed by atoms with Crippen LogP contribution in [0.4, 0.5) is 4.39 Å². The number of thiol groups is 1. The predicted molar refractivity (Wildman–Crippen MR) is 67.2 cm³/mol. The molecule has 0 bridgehead atoms. The first-order valence-electron chi connectivity index (χ1n) is 5.37. The van der Waals surface area contributed by atoms with Gasteiger partial charge >= 0.3 is 0 Å². The monoisotopic (exact) mass is 238 g/mol. The molecule has 2 nitrogen and oxygen atoms in total. The lowest BCUT2D eigenvalue weighted by atomic mass is 10.2. The first kappa shape index (κ1) is 11.5. The van der Waals surface area contributed by atoms with Crippen molar-refractivity contribution >= 4 is 23.7 Å². The highest BCUT2D eigenvalue weighted by atomic mass is 32.1. The van der Waals surface area contributed by atoms with E-state index in [0.29, 0.717) is 17.2 Å². The molecule has 0 amide bonds. The van der Waals surface area contributed by atoms with Crippen LogP contribution < -0.4 is 0 Å². The van der Waals surface area contributed by atoms with Gasteiger partial charge in [-0.1, -0.05) is 13.8 Å². The van der Waals surface area contributed by atoms with Crippen LogP contribution in [0.5, 0.6) is 0 Å². The Morgan fingerprint density at radius 3 is 2.81 bits per heavy atom. The second kappa shape index (κ2) is 4.45. The fraction of sp³-hybridized carbons (Fsp3) is 0.417. The molecule has 2 aromatic rings. The Bertz CT molecular complexity index is 505. The van der Waals surface area contributed by atoms with Crippen LogP contribution in [0.25, 0.3) is 11.0 Å². The minimum Gasteiger partial charge on any atom is -0.327 e. The fourth-order valence-electron chi connectivity index (χ4n) is 1.84. The average molecular weight is 238 g/mol. The van der Waals surface area contributed by atoms with Gasteiger partial charge in [-0.25, -0.2) is 9.37 Å². The highest BCUT2D eigenvalue weighted by Gasteiger charge is 2.11. The van der Waals surface area contributed by atoms with E-state index in [2.05, 4.69) is 36.0 Å². The quantitative estimate of drug-likeness (QED) is 0.813. The Hall–Kier alpha value is -1.03. The molecule has 4 heteroatoms. The molecule has 1 aromatic carbocycles. The molecular weight excluding hydrogens is 223 g/mol. The van der Waals surface area contributed by atoms with Crippen molar-refractivity contribution in [2.45, 2.75) is 26.1 Å². The average Bonchev–Trinajstić information content (AvgIpc) is 2.55. The molecule has 0 aliphatic heterocycles. The number of halogens is 1. The molecule has 0 saturated heterocycles. The zero-order chi connectivity index (χ0) is 11.7. The number of benzene rings is 1. The SMILES string of the molecule is CC(C)Cn1c(CS)nc2cc(F)ccc21. The smallest absolute Gasteiger partial charge is 0.125 e. The van der Waals surface area contributed by atoms with Crippen molar-refractivity contribution in [3.63, 3.8) is 0 Å². The molecule has 1 heterocycles. The summed E-state index contributed by atoms with van der Waals surface area (Å²) in [4.78, 5) is 4.39. The molecular formula is C12H15FN2S. The summed E-state index contributed by atoms with van der Waals surface area (Å²) >= 11 is 4.26. The molecule has 0 saturated carbocycles. The summed E-state index contributed by atoms with van der Waals surface area (Å²) in [5.41, 5.74) is 1.70. The lowest BCUT2D eigenvalue weighted by Gasteiger charge is -2.10. The first-order valence-corrected chi connectivity index (χ1v) is 6.00.